The SMILES string of the molecule is CNc1ccc(-c2nc(-c3ccc(OC(C)C)c(Br)c3)no2)cc1. The van der Waals surface area contributed by atoms with Gasteiger partial charge in [-0.3, -0.25) is 0 Å². The van der Waals surface area contributed by atoms with E-state index in [1.807, 2.05) is 63.4 Å². The van der Waals surface area contributed by atoms with Crippen LogP contribution in [-0.2, 0) is 0 Å². The molecule has 24 heavy (non-hydrogen) atoms. The Bertz CT molecular complexity index is 829. The molecule has 5 nitrogen and oxygen atoms in total. The van der Waals surface area contributed by atoms with Crippen molar-refractivity contribution < 1.29 is 9.26 Å². The Balaban J connectivity index is 1.85. The molecule has 2 aromatic carbocycles. The Morgan fingerprint density at radius 2 is 1.79 bits per heavy atom. The van der Waals surface area contributed by atoms with Crippen LogP contribution in [0.15, 0.2) is 51.5 Å². The van der Waals surface area contributed by atoms with Gasteiger partial charge < -0.3 is 14.6 Å². The number of benzene rings is 2. The van der Waals surface area contributed by atoms with Crippen LogP contribution in [0.5, 0.6) is 5.75 Å². The zero-order valence-electron chi connectivity index (χ0n) is 13.7. The Labute approximate surface area is 149 Å². The topological polar surface area (TPSA) is 60.2 Å². The third kappa shape index (κ3) is 3.59. The first kappa shape index (κ1) is 16.5. The molecule has 0 fully saturated rings. The predicted molar refractivity (Wildman–Crippen MR) is 98.2 cm³/mol. The van der Waals surface area contributed by atoms with Crippen LogP contribution in [0, 0.1) is 0 Å². The van der Waals surface area contributed by atoms with E-state index in [9.17, 15) is 0 Å². The summed E-state index contributed by atoms with van der Waals surface area (Å²) in [5.41, 5.74) is 2.77. The summed E-state index contributed by atoms with van der Waals surface area (Å²) in [6.07, 6.45) is 0.115. The Kier molecular flexibility index (Phi) is 4.85. The van der Waals surface area contributed by atoms with Gasteiger partial charge in [0.25, 0.3) is 5.89 Å². The van der Waals surface area contributed by atoms with Gasteiger partial charge in [0.15, 0.2) is 0 Å². The monoisotopic (exact) mass is 387 g/mol. The molecule has 1 heterocycles. The lowest BCUT2D eigenvalue weighted by molar-refractivity contribution is 0.241. The maximum Gasteiger partial charge on any atom is 0.258 e. The fourth-order valence-corrected chi connectivity index (χ4v) is 2.70. The van der Waals surface area contributed by atoms with Gasteiger partial charge in [0.1, 0.15) is 5.75 Å². The van der Waals surface area contributed by atoms with E-state index in [-0.39, 0.29) is 6.10 Å². The first-order valence-corrected chi connectivity index (χ1v) is 8.44. The fraction of sp³-hybridized carbons (Fsp3) is 0.222. The largest absolute Gasteiger partial charge is 0.490 e. The lowest BCUT2D eigenvalue weighted by Gasteiger charge is -2.11. The van der Waals surface area contributed by atoms with Crippen LogP contribution < -0.4 is 10.1 Å². The van der Waals surface area contributed by atoms with Crippen molar-refractivity contribution in [1.29, 1.82) is 0 Å². The summed E-state index contributed by atoms with van der Waals surface area (Å²) in [4.78, 5) is 4.48. The van der Waals surface area contributed by atoms with Gasteiger partial charge in [0, 0.05) is 23.9 Å². The lowest BCUT2D eigenvalue weighted by Crippen LogP contribution is -2.05. The van der Waals surface area contributed by atoms with Gasteiger partial charge in [-0.25, -0.2) is 0 Å². The number of rotatable bonds is 5. The number of halogens is 1. The van der Waals surface area contributed by atoms with Crippen molar-refractivity contribution in [3.8, 4) is 28.6 Å². The van der Waals surface area contributed by atoms with Gasteiger partial charge >= 0.3 is 0 Å². The minimum atomic E-state index is 0.115. The van der Waals surface area contributed by atoms with Crippen LogP contribution in [0.25, 0.3) is 22.8 Å². The molecule has 0 radical (unpaired) electrons. The molecule has 3 rings (SSSR count). The van der Waals surface area contributed by atoms with Crippen molar-refractivity contribution in [1.82, 2.24) is 10.1 Å². The highest BCUT2D eigenvalue weighted by Gasteiger charge is 2.13. The van der Waals surface area contributed by atoms with E-state index in [2.05, 4.69) is 31.4 Å². The highest BCUT2D eigenvalue weighted by Crippen LogP contribution is 2.31. The van der Waals surface area contributed by atoms with Crippen molar-refractivity contribution in [2.75, 3.05) is 12.4 Å². The first-order chi connectivity index (χ1) is 11.6. The second kappa shape index (κ2) is 7.05. The summed E-state index contributed by atoms with van der Waals surface area (Å²) in [6, 6.07) is 13.6. The molecule has 0 aliphatic heterocycles. The molecule has 0 aliphatic carbocycles. The Hall–Kier alpha value is -2.34. The molecule has 0 atom stereocenters. The van der Waals surface area contributed by atoms with Crippen LogP contribution in [0.3, 0.4) is 0 Å². The van der Waals surface area contributed by atoms with Crippen molar-refractivity contribution in [3.05, 3.63) is 46.9 Å². The first-order valence-electron chi connectivity index (χ1n) is 7.65. The summed E-state index contributed by atoms with van der Waals surface area (Å²) < 4.78 is 12.0. The van der Waals surface area contributed by atoms with Gasteiger partial charge in [-0.1, -0.05) is 5.16 Å². The van der Waals surface area contributed by atoms with Crippen LogP contribution in [0.2, 0.25) is 0 Å². The smallest absolute Gasteiger partial charge is 0.258 e. The maximum atomic E-state index is 5.72. The van der Waals surface area contributed by atoms with Crippen molar-refractivity contribution in [2.45, 2.75) is 20.0 Å². The average molecular weight is 388 g/mol. The second-order valence-corrected chi connectivity index (χ2v) is 6.42. The van der Waals surface area contributed by atoms with Crippen LogP contribution in [0.4, 0.5) is 5.69 Å². The summed E-state index contributed by atoms with van der Waals surface area (Å²) in [5.74, 6) is 1.82. The third-order valence-electron chi connectivity index (χ3n) is 3.40. The van der Waals surface area contributed by atoms with Crippen LogP contribution in [-0.4, -0.2) is 23.3 Å². The molecule has 3 aromatic rings. The summed E-state index contributed by atoms with van der Waals surface area (Å²) >= 11 is 3.52. The number of nitrogens with zero attached hydrogens (tertiary/aromatic N) is 2. The summed E-state index contributed by atoms with van der Waals surface area (Å²) in [7, 11) is 1.88. The van der Waals surface area contributed by atoms with Crippen molar-refractivity contribution in [2.24, 2.45) is 0 Å². The Morgan fingerprint density at radius 3 is 2.42 bits per heavy atom. The van der Waals surface area contributed by atoms with Gasteiger partial charge in [0.05, 0.1) is 10.6 Å². The van der Waals surface area contributed by atoms with E-state index in [1.165, 1.54) is 0 Å². The minimum Gasteiger partial charge on any atom is -0.490 e. The van der Waals surface area contributed by atoms with Gasteiger partial charge in [-0.2, -0.15) is 4.98 Å². The molecular formula is C18H18BrN3O2. The zero-order valence-corrected chi connectivity index (χ0v) is 15.3. The predicted octanol–water partition coefficient (Wildman–Crippen LogP) is 5.00. The highest BCUT2D eigenvalue weighted by atomic mass is 79.9. The van der Waals surface area contributed by atoms with Crippen molar-refractivity contribution in [3.63, 3.8) is 0 Å². The molecule has 6 heteroatoms. The molecule has 0 spiro atoms. The van der Waals surface area contributed by atoms with E-state index in [0.717, 1.165) is 27.0 Å². The maximum absolute atomic E-state index is 5.72. The van der Waals surface area contributed by atoms with E-state index in [4.69, 9.17) is 9.26 Å². The Morgan fingerprint density at radius 1 is 1.08 bits per heavy atom. The third-order valence-corrected chi connectivity index (χ3v) is 4.02. The molecule has 124 valence electrons. The second-order valence-electron chi connectivity index (χ2n) is 5.56. The summed E-state index contributed by atoms with van der Waals surface area (Å²) in [5, 5.41) is 7.15. The summed E-state index contributed by atoms with van der Waals surface area (Å²) in [6.45, 7) is 3.98. The van der Waals surface area contributed by atoms with E-state index in [0.29, 0.717) is 11.7 Å². The molecule has 1 aromatic heterocycles. The van der Waals surface area contributed by atoms with E-state index in [1.54, 1.807) is 0 Å². The molecular weight excluding hydrogens is 370 g/mol. The number of nitrogens with one attached hydrogen (secondary N) is 1. The van der Waals surface area contributed by atoms with Crippen molar-refractivity contribution >= 4 is 21.6 Å². The van der Waals surface area contributed by atoms with Gasteiger partial charge in [-0.05, 0) is 72.2 Å². The number of aromatic nitrogens is 2. The van der Waals surface area contributed by atoms with Gasteiger partial charge in [0.2, 0.25) is 5.82 Å². The van der Waals surface area contributed by atoms with Crippen LogP contribution >= 0.6 is 15.9 Å². The lowest BCUT2D eigenvalue weighted by atomic mass is 10.2. The number of anilines is 1. The zero-order chi connectivity index (χ0) is 17.1. The molecule has 0 unspecified atom stereocenters. The highest BCUT2D eigenvalue weighted by molar-refractivity contribution is 9.10. The van der Waals surface area contributed by atoms with E-state index < -0.39 is 0 Å². The molecule has 0 amide bonds. The fourth-order valence-electron chi connectivity index (χ4n) is 2.23. The quantitative estimate of drug-likeness (QED) is 0.667. The van der Waals surface area contributed by atoms with Gasteiger partial charge in [-0.15, -0.1) is 0 Å². The molecule has 0 saturated heterocycles. The standard InChI is InChI=1S/C18H18BrN3O2/c1-11(2)23-16-9-6-13(10-15(16)19)17-21-18(24-22-17)12-4-7-14(20-3)8-5-12/h4-11,20H,1-3H3. The minimum absolute atomic E-state index is 0.115. The molecule has 0 saturated carbocycles. The number of ether oxygens (including phenoxy) is 1. The number of hydrogen-bond acceptors (Lipinski definition) is 5. The average Bonchev–Trinajstić information content (AvgIpc) is 3.06. The van der Waals surface area contributed by atoms with E-state index >= 15 is 0 Å². The molecule has 0 aliphatic rings. The molecule has 1 N–H and O–H groups in total. The normalized spacial score (nSPS) is 10.9. The van der Waals surface area contributed by atoms with Crippen LogP contribution in [0.1, 0.15) is 13.8 Å². The number of hydrogen-bond donors (Lipinski definition) is 1. The molecule has 0 bridgehead atoms.